The lowest BCUT2D eigenvalue weighted by Gasteiger charge is -2.20. The Labute approximate surface area is 125 Å². The van der Waals surface area contributed by atoms with Crippen molar-refractivity contribution < 1.29 is 9.84 Å². The molecule has 1 heterocycles. The summed E-state index contributed by atoms with van der Waals surface area (Å²) < 4.78 is 5.95. The van der Waals surface area contributed by atoms with Crippen molar-refractivity contribution in [1.82, 2.24) is 5.32 Å². The van der Waals surface area contributed by atoms with Crippen LogP contribution in [0.2, 0.25) is 0 Å². The first-order valence-electron chi connectivity index (χ1n) is 7.53. The number of hydrogen-bond acceptors (Lipinski definition) is 3. The third-order valence-corrected chi connectivity index (χ3v) is 4.01. The molecule has 0 amide bonds. The third-order valence-electron chi connectivity index (χ3n) is 4.01. The monoisotopic (exact) mass is 283 g/mol. The van der Waals surface area contributed by atoms with E-state index in [0.29, 0.717) is 5.75 Å². The highest BCUT2D eigenvalue weighted by atomic mass is 16.5. The van der Waals surface area contributed by atoms with Crippen LogP contribution in [-0.2, 0) is 6.42 Å². The van der Waals surface area contributed by atoms with Crippen molar-refractivity contribution in [2.24, 2.45) is 0 Å². The van der Waals surface area contributed by atoms with Gasteiger partial charge in [-0.05, 0) is 35.7 Å². The van der Waals surface area contributed by atoms with Crippen LogP contribution < -0.4 is 10.1 Å². The number of phenolic OH excluding ortho intramolecular Hbond substituents is 1. The summed E-state index contributed by atoms with van der Waals surface area (Å²) in [5, 5.41) is 12.9. The number of aromatic hydroxyl groups is 1. The lowest BCUT2D eigenvalue weighted by molar-refractivity contribution is 0.220. The van der Waals surface area contributed by atoms with Gasteiger partial charge in [-0.3, -0.25) is 0 Å². The van der Waals surface area contributed by atoms with E-state index in [1.807, 2.05) is 24.3 Å². The molecule has 2 unspecified atom stereocenters. The van der Waals surface area contributed by atoms with Crippen LogP contribution in [0.3, 0.4) is 0 Å². The van der Waals surface area contributed by atoms with Gasteiger partial charge in [0.05, 0.1) is 0 Å². The molecule has 0 saturated carbocycles. The van der Waals surface area contributed by atoms with E-state index in [-0.39, 0.29) is 12.1 Å². The molecule has 0 fully saturated rings. The molecule has 0 bridgehead atoms. The first kappa shape index (κ1) is 14.0. The summed E-state index contributed by atoms with van der Waals surface area (Å²) >= 11 is 0. The molecule has 3 nitrogen and oxygen atoms in total. The summed E-state index contributed by atoms with van der Waals surface area (Å²) in [5.74, 6) is 1.32. The molecule has 2 atom stereocenters. The molecule has 21 heavy (non-hydrogen) atoms. The van der Waals surface area contributed by atoms with Gasteiger partial charge in [0.25, 0.3) is 0 Å². The van der Waals surface area contributed by atoms with E-state index in [4.69, 9.17) is 4.74 Å². The lowest BCUT2D eigenvalue weighted by atomic mass is 10.0. The highest BCUT2D eigenvalue weighted by Gasteiger charge is 2.23. The molecule has 3 heteroatoms. The predicted molar refractivity (Wildman–Crippen MR) is 83.7 cm³/mol. The van der Waals surface area contributed by atoms with E-state index >= 15 is 0 Å². The van der Waals surface area contributed by atoms with Crippen molar-refractivity contribution in [3.63, 3.8) is 0 Å². The van der Waals surface area contributed by atoms with Crippen LogP contribution in [0.25, 0.3) is 0 Å². The molecule has 3 rings (SSSR count). The summed E-state index contributed by atoms with van der Waals surface area (Å²) in [5.41, 5.74) is 2.49. The van der Waals surface area contributed by atoms with Crippen LogP contribution in [0.1, 0.15) is 30.5 Å². The van der Waals surface area contributed by atoms with Gasteiger partial charge >= 0.3 is 0 Å². The van der Waals surface area contributed by atoms with Crippen molar-refractivity contribution in [1.29, 1.82) is 0 Å². The maximum Gasteiger partial charge on any atom is 0.123 e. The zero-order valence-corrected chi connectivity index (χ0v) is 12.3. The summed E-state index contributed by atoms with van der Waals surface area (Å²) in [6, 6.07) is 15.9. The Balaban J connectivity index is 1.58. The Morgan fingerprint density at radius 1 is 1.19 bits per heavy atom. The van der Waals surface area contributed by atoms with E-state index in [9.17, 15) is 5.11 Å². The summed E-state index contributed by atoms with van der Waals surface area (Å²) in [4.78, 5) is 0. The van der Waals surface area contributed by atoms with E-state index in [1.54, 1.807) is 12.1 Å². The first-order chi connectivity index (χ1) is 10.3. The van der Waals surface area contributed by atoms with Gasteiger partial charge in [-0.2, -0.15) is 0 Å². The number of rotatable bonds is 5. The number of benzene rings is 2. The fraction of sp³-hybridized carbons (Fsp3) is 0.333. The van der Waals surface area contributed by atoms with Gasteiger partial charge in [0.1, 0.15) is 17.6 Å². The highest BCUT2D eigenvalue weighted by molar-refractivity contribution is 5.37. The SMILES string of the molecule is CCC(NCC1Cc2ccccc2O1)c1ccc(O)cc1. The van der Waals surface area contributed by atoms with Crippen molar-refractivity contribution >= 4 is 0 Å². The normalized spacial score (nSPS) is 18.0. The molecule has 0 aromatic heterocycles. The van der Waals surface area contributed by atoms with E-state index in [0.717, 1.165) is 25.1 Å². The summed E-state index contributed by atoms with van der Waals surface area (Å²) in [6.07, 6.45) is 2.17. The van der Waals surface area contributed by atoms with Gasteiger partial charge in [0.15, 0.2) is 0 Å². The van der Waals surface area contributed by atoms with Gasteiger partial charge in [-0.25, -0.2) is 0 Å². The molecule has 1 aliphatic rings. The molecule has 2 aromatic rings. The van der Waals surface area contributed by atoms with Crippen LogP contribution in [0.4, 0.5) is 0 Å². The molecule has 0 radical (unpaired) electrons. The number of phenols is 1. The molecule has 2 aromatic carbocycles. The standard InChI is InChI=1S/C18H21NO2/c1-2-17(13-7-9-15(20)10-8-13)19-12-16-11-14-5-3-4-6-18(14)21-16/h3-10,16-17,19-20H,2,11-12H2,1H3. The second-order valence-corrected chi connectivity index (χ2v) is 5.51. The van der Waals surface area contributed by atoms with E-state index in [2.05, 4.69) is 24.4 Å². The number of nitrogens with one attached hydrogen (secondary N) is 1. The maximum absolute atomic E-state index is 9.37. The topological polar surface area (TPSA) is 41.5 Å². The number of ether oxygens (including phenoxy) is 1. The smallest absolute Gasteiger partial charge is 0.123 e. The minimum absolute atomic E-state index is 0.202. The fourth-order valence-corrected chi connectivity index (χ4v) is 2.85. The molecule has 0 saturated heterocycles. The predicted octanol–water partition coefficient (Wildman–Crippen LogP) is 3.44. The number of fused-ring (bicyclic) bond motifs is 1. The van der Waals surface area contributed by atoms with E-state index in [1.165, 1.54) is 11.1 Å². The Morgan fingerprint density at radius 2 is 1.95 bits per heavy atom. The zero-order chi connectivity index (χ0) is 14.7. The van der Waals surface area contributed by atoms with Crippen LogP contribution in [0.15, 0.2) is 48.5 Å². The fourth-order valence-electron chi connectivity index (χ4n) is 2.85. The second-order valence-electron chi connectivity index (χ2n) is 5.51. The lowest BCUT2D eigenvalue weighted by Crippen LogP contribution is -2.32. The molecule has 0 spiro atoms. The summed E-state index contributed by atoms with van der Waals surface area (Å²) in [7, 11) is 0. The van der Waals surface area contributed by atoms with Crippen molar-refractivity contribution in [3.8, 4) is 11.5 Å². The number of hydrogen-bond donors (Lipinski definition) is 2. The van der Waals surface area contributed by atoms with E-state index < -0.39 is 0 Å². The summed E-state index contributed by atoms with van der Waals surface area (Å²) in [6.45, 7) is 2.99. The van der Waals surface area contributed by atoms with Crippen molar-refractivity contribution in [2.75, 3.05) is 6.54 Å². The Morgan fingerprint density at radius 3 is 2.67 bits per heavy atom. The Bertz CT molecular complexity index is 569. The van der Waals surface area contributed by atoms with Crippen LogP contribution in [0.5, 0.6) is 11.5 Å². The molecule has 2 N–H and O–H groups in total. The molecule has 110 valence electrons. The average molecular weight is 283 g/mol. The highest BCUT2D eigenvalue weighted by Crippen LogP contribution is 2.28. The van der Waals surface area contributed by atoms with Crippen molar-refractivity contribution in [3.05, 3.63) is 59.7 Å². The minimum atomic E-state index is 0.202. The second kappa shape index (κ2) is 6.19. The van der Waals surface area contributed by atoms with Gasteiger partial charge in [0.2, 0.25) is 0 Å². The molecule has 0 aliphatic carbocycles. The first-order valence-corrected chi connectivity index (χ1v) is 7.53. The Hall–Kier alpha value is -2.00. The van der Waals surface area contributed by atoms with Gasteiger partial charge in [-0.15, -0.1) is 0 Å². The Kier molecular flexibility index (Phi) is 4.11. The van der Waals surface area contributed by atoms with Gasteiger partial charge in [0, 0.05) is 19.0 Å². The molecular weight excluding hydrogens is 262 g/mol. The van der Waals surface area contributed by atoms with Crippen LogP contribution >= 0.6 is 0 Å². The molecular formula is C18H21NO2. The van der Waals surface area contributed by atoms with Gasteiger partial charge in [-0.1, -0.05) is 37.3 Å². The largest absolute Gasteiger partial charge is 0.508 e. The van der Waals surface area contributed by atoms with Crippen LogP contribution in [0, 0.1) is 0 Å². The average Bonchev–Trinajstić information content (AvgIpc) is 2.92. The third kappa shape index (κ3) is 3.19. The molecule has 1 aliphatic heterocycles. The van der Waals surface area contributed by atoms with Gasteiger partial charge < -0.3 is 15.2 Å². The number of para-hydroxylation sites is 1. The zero-order valence-electron chi connectivity index (χ0n) is 12.3. The quantitative estimate of drug-likeness (QED) is 0.883. The van der Waals surface area contributed by atoms with Crippen LogP contribution in [-0.4, -0.2) is 17.8 Å². The van der Waals surface area contributed by atoms with Crippen molar-refractivity contribution in [2.45, 2.75) is 31.9 Å². The maximum atomic E-state index is 9.37. The minimum Gasteiger partial charge on any atom is -0.508 e.